The van der Waals surface area contributed by atoms with Gasteiger partial charge in [-0.05, 0) is 50.6 Å². The largest absolute Gasteiger partial charge is 0.493 e. The molecule has 0 N–H and O–H groups in total. The minimum absolute atomic E-state index is 0.145. The molecule has 11 heteroatoms. The maximum atomic E-state index is 14.0. The maximum absolute atomic E-state index is 14.0. The van der Waals surface area contributed by atoms with Crippen LogP contribution in [-0.2, 0) is 9.53 Å². The zero-order chi connectivity index (χ0) is 27.0. The van der Waals surface area contributed by atoms with Crippen LogP contribution in [0.5, 0.6) is 23.0 Å². The van der Waals surface area contributed by atoms with Gasteiger partial charge in [0, 0.05) is 10.0 Å². The number of esters is 1. The molecule has 0 fully saturated rings. The van der Waals surface area contributed by atoms with E-state index in [2.05, 4.69) is 20.9 Å². The van der Waals surface area contributed by atoms with E-state index in [1.165, 1.54) is 15.9 Å². The fraction of sp³-hybridized carbons (Fsp3) is 0.296. The van der Waals surface area contributed by atoms with Gasteiger partial charge >= 0.3 is 5.97 Å². The number of allylic oxidation sites excluding steroid dienone is 1. The van der Waals surface area contributed by atoms with Crippen LogP contribution in [0.2, 0.25) is 0 Å². The summed E-state index contributed by atoms with van der Waals surface area (Å²) in [5.74, 6) is 1.63. The highest BCUT2D eigenvalue weighted by molar-refractivity contribution is 9.10. The van der Waals surface area contributed by atoms with Crippen LogP contribution in [0.4, 0.5) is 0 Å². The molecule has 2 aromatic carbocycles. The number of nitrogens with zero attached hydrogens (tertiary/aromatic N) is 2. The third kappa shape index (κ3) is 4.49. The van der Waals surface area contributed by atoms with Crippen molar-refractivity contribution in [1.82, 2.24) is 4.57 Å². The van der Waals surface area contributed by atoms with Crippen molar-refractivity contribution in [3.05, 3.63) is 76.9 Å². The topological polar surface area (TPSA) is 97.6 Å². The highest BCUT2D eigenvalue weighted by atomic mass is 79.9. The van der Waals surface area contributed by atoms with Crippen LogP contribution in [0, 0.1) is 0 Å². The molecular weight excluding hydrogens is 576 g/mol. The third-order valence-electron chi connectivity index (χ3n) is 6.11. The number of para-hydroxylation sites is 1. The van der Waals surface area contributed by atoms with E-state index in [1.54, 1.807) is 39.2 Å². The highest BCUT2D eigenvalue weighted by Gasteiger charge is 2.36. The number of fused-ring (bicyclic) bond motifs is 2. The van der Waals surface area contributed by atoms with Crippen molar-refractivity contribution in [3.63, 3.8) is 0 Å². The van der Waals surface area contributed by atoms with E-state index >= 15 is 0 Å². The first kappa shape index (κ1) is 26.1. The summed E-state index contributed by atoms with van der Waals surface area (Å²) in [5, 5.41) is 0. The minimum atomic E-state index is -0.829. The van der Waals surface area contributed by atoms with E-state index in [9.17, 15) is 9.59 Å². The number of hydrogen-bond acceptors (Lipinski definition) is 9. The molecule has 1 aromatic heterocycles. The molecule has 2 aliphatic heterocycles. The van der Waals surface area contributed by atoms with Crippen LogP contribution in [0.15, 0.2) is 55.9 Å². The molecule has 198 valence electrons. The number of ether oxygens (including phenoxy) is 5. The smallest absolute Gasteiger partial charge is 0.338 e. The number of aromatic nitrogens is 1. The first-order valence-corrected chi connectivity index (χ1v) is 13.6. The van der Waals surface area contributed by atoms with E-state index in [-0.39, 0.29) is 24.5 Å². The van der Waals surface area contributed by atoms with Gasteiger partial charge in [0.05, 0.1) is 36.1 Å². The summed E-state index contributed by atoms with van der Waals surface area (Å²) in [6.07, 6.45) is 1.77. The number of methoxy groups -OCH3 is 1. The Hall–Kier alpha value is -3.57. The fourth-order valence-corrected chi connectivity index (χ4v) is 5.95. The van der Waals surface area contributed by atoms with Gasteiger partial charge in [-0.3, -0.25) is 9.36 Å². The second-order valence-electron chi connectivity index (χ2n) is 8.34. The lowest BCUT2D eigenvalue weighted by molar-refractivity contribution is -0.139. The molecule has 0 radical (unpaired) electrons. The van der Waals surface area contributed by atoms with Crippen LogP contribution in [0.25, 0.3) is 6.08 Å². The summed E-state index contributed by atoms with van der Waals surface area (Å²) >= 11 is 4.79. The lowest BCUT2D eigenvalue weighted by Gasteiger charge is -2.26. The summed E-state index contributed by atoms with van der Waals surface area (Å²) in [6.45, 7) is 6.03. The second-order valence-corrected chi connectivity index (χ2v) is 10.2. The van der Waals surface area contributed by atoms with Gasteiger partial charge in [0.1, 0.15) is 6.04 Å². The molecule has 0 aliphatic carbocycles. The van der Waals surface area contributed by atoms with Gasteiger partial charge in [0.2, 0.25) is 6.79 Å². The molecule has 0 spiro atoms. The van der Waals surface area contributed by atoms with Gasteiger partial charge in [-0.2, -0.15) is 0 Å². The number of halogens is 1. The van der Waals surface area contributed by atoms with Crippen LogP contribution >= 0.6 is 27.3 Å². The molecule has 3 aromatic rings. The molecule has 0 saturated carbocycles. The monoisotopic (exact) mass is 600 g/mol. The molecule has 9 nitrogen and oxygen atoms in total. The Kier molecular flexibility index (Phi) is 7.31. The Morgan fingerprint density at radius 3 is 2.71 bits per heavy atom. The van der Waals surface area contributed by atoms with Crippen molar-refractivity contribution in [2.45, 2.75) is 26.8 Å². The Morgan fingerprint density at radius 1 is 1.24 bits per heavy atom. The van der Waals surface area contributed by atoms with Crippen LogP contribution in [0.1, 0.15) is 37.9 Å². The van der Waals surface area contributed by atoms with Crippen molar-refractivity contribution in [3.8, 4) is 23.0 Å². The standard InChI is InChI=1S/C27H25BrN2O7S/c1-5-34-24-16(8-7-9-18(24)33-4)23-22(26(32)35-6-2)14(3)29-27-30(23)25(31)21(38-27)11-15-10-19-20(12-17(15)28)37-13-36-19/h7-12,23H,5-6,13H2,1-4H3/b21-11+/t23-/m1/s1. The molecule has 0 amide bonds. The zero-order valence-electron chi connectivity index (χ0n) is 21.2. The summed E-state index contributed by atoms with van der Waals surface area (Å²) < 4.78 is 30.6. The Morgan fingerprint density at radius 2 is 2.00 bits per heavy atom. The first-order valence-electron chi connectivity index (χ1n) is 12.0. The molecule has 5 rings (SSSR count). The number of benzene rings is 2. The number of hydrogen-bond donors (Lipinski definition) is 0. The van der Waals surface area contributed by atoms with E-state index in [4.69, 9.17) is 23.7 Å². The average molecular weight is 601 g/mol. The van der Waals surface area contributed by atoms with Gasteiger partial charge in [-0.25, -0.2) is 9.79 Å². The molecule has 0 unspecified atom stereocenters. The Bertz CT molecular complexity index is 1640. The maximum Gasteiger partial charge on any atom is 0.338 e. The molecule has 1 atom stereocenters. The van der Waals surface area contributed by atoms with E-state index in [1.807, 2.05) is 25.1 Å². The Balaban J connectivity index is 1.76. The second kappa shape index (κ2) is 10.7. The van der Waals surface area contributed by atoms with Crippen molar-refractivity contribution in [1.29, 1.82) is 0 Å². The van der Waals surface area contributed by atoms with E-state index < -0.39 is 12.0 Å². The van der Waals surface area contributed by atoms with Gasteiger partial charge < -0.3 is 23.7 Å². The van der Waals surface area contributed by atoms with E-state index in [0.29, 0.717) is 50.2 Å². The molecular formula is C27H25BrN2O7S. The molecule has 0 saturated heterocycles. The molecule has 3 heterocycles. The SMILES string of the molecule is CCOC(=O)C1=C(C)N=c2s/c(=C/c3cc4c(cc3Br)OCO4)c(=O)n2[C@@H]1c1cccc(OC)c1OCC. The van der Waals surface area contributed by atoms with Gasteiger partial charge in [0.15, 0.2) is 27.8 Å². The zero-order valence-corrected chi connectivity index (χ0v) is 23.6. The van der Waals surface area contributed by atoms with Crippen molar-refractivity contribution in [2.24, 2.45) is 4.99 Å². The summed E-state index contributed by atoms with van der Waals surface area (Å²) in [4.78, 5) is 32.3. The van der Waals surface area contributed by atoms with Gasteiger partial charge in [-0.15, -0.1) is 0 Å². The number of rotatable bonds is 7. The van der Waals surface area contributed by atoms with Crippen molar-refractivity contribution < 1.29 is 28.5 Å². The molecule has 38 heavy (non-hydrogen) atoms. The fourth-order valence-electron chi connectivity index (χ4n) is 4.48. The normalized spacial score (nSPS) is 16.2. The predicted octanol–water partition coefficient (Wildman–Crippen LogP) is 3.70. The van der Waals surface area contributed by atoms with Crippen LogP contribution in [-0.4, -0.2) is 37.7 Å². The molecule has 2 aliphatic rings. The quantitative estimate of drug-likeness (QED) is 0.381. The molecule has 0 bridgehead atoms. The third-order valence-corrected chi connectivity index (χ3v) is 7.78. The number of carbonyl (C=O) groups excluding carboxylic acids is 1. The summed E-state index contributed by atoms with van der Waals surface area (Å²) in [5.41, 5.74) is 1.78. The minimum Gasteiger partial charge on any atom is -0.493 e. The van der Waals surface area contributed by atoms with Gasteiger partial charge in [0.25, 0.3) is 5.56 Å². The highest BCUT2D eigenvalue weighted by Crippen LogP contribution is 2.41. The average Bonchev–Trinajstić information content (AvgIpc) is 3.47. The van der Waals surface area contributed by atoms with E-state index in [0.717, 1.165) is 10.0 Å². The Labute approximate surface area is 230 Å². The lowest BCUT2D eigenvalue weighted by atomic mass is 9.94. The summed E-state index contributed by atoms with van der Waals surface area (Å²) in [7, 11) is 1.55. The number of carbonyl (C=O) groups is 1. The first-order chi connectivity index (χ1) is 18.4. The summed E-state index contributed by atoms with van der Waals surface area (Å²) in [6, 6.07) is 8.18. The number of thiazole rings is 1. The van der Waals surface area contributed by atoms with Crippen molar-refractivity contribution >= 4 is 39.3 Å². The predicted molar refractivity (Wildman–Crippen MR) is 145 cm³/mol. The van der Waals surface area contributed by atoms with Crippen LogP contribution < -0.4 is 33.8 Å². The van der Waals surface area contributed by atoms with Crippen LogP contribution in [0.3, 0.4) is 0 Å². The van der Waals surface area contributed by atoms with Crippen molar-refractivity contribution in [2.75, 3.05) is 27.1 Å². The van der Waals surface area contributed by atoms with Gasteiger partial charge in [-0.1, -0.05) is 39.4 Å². The lowest BCUT2D eigenvalue weighted by Crippen LogP contribution is -2.40.